The molecule has 0 radical (unpaired) electrons. The summed E-state index contributed by atoms with van der Waals surface area (Å²) in [5.41, 5.74) is 1.23. The number of aryl methyl sites for hydroxylation is 1. The summed E-state index contributed by atoms with van der Waals surface area (Å²) in [6, 6.07) is 0. The Bertz CT molecular complexity index is 580. The Morgan fingerprint density at radius 1 is 1.35 bits per heavy atom. The zero-order valence-corrected chi connectivity index (χ0v) is 18.0. The fourth-order valence-electron chi connectivity index (χ4n) is 3.79. The van der Waals surface area contributed by atoms with Crippen molar-refractivity contribution in [3.05, 3.63) is 16.1 Å². The first-order valence-corrected chi connectivity index (χ1v) is 11.8. The molecule has 1 aromatic rings. The number of thioether (sulfide) groups is 1. The van der Waals surface area contributed by atoms with Gasteiger partial charge in [-0.1, -0.05) is 6.92 Å². The van der Waals surface area contributed by atoms with E-state index in [0.29, 0.717) is 0 Å². The summed E-state index contributed by atoms with van der Waals surface area (Å²) in [4.78, 5) is 14.1. The van der Waals surface area contributed by atoms with Gasteiger partial charge in [-0.15, -0.1) is 11.3 Å². The van der Waals surface area contributed by atoms with E-state index in [1.807, 2.05) is 7.05 Å². The van der Waals surface area contributed by atoms with E-state index in [0.717, 1.165) is 43.3 Å². The molecule has 0 bridgehead atoms. The minimum Gasteiger partial charge on any atom is -0.356 e. The minimum absolute atomic E-state index is 0.750. The van der Waals surface area contributed by atoms with Crippen molar-refractivity contribution in [3.8, 4) is 0 Å². The lowest BCUT2D eigenvalue weighted by Crippen LogP contribution is -2.49. The van der Waals surface area contributed by atoms with Crippen molar-refractivity contribution < 1.29 is 0 Å². The molecular weight excluding hydrogens is 362 g/mol. The fraction of sp³-hybridized carbons (Fsp3) is 0.789. The van der Waals surface area contributed by atoms with Crippen LogP contribution in [0.1, 0.15) is 36.9 Å². The van der Waals surface area contributed by atoms with E-state index < -0.39 is 0 Å². The van der Waals surface area contributed by atoms with Crippen LogP contribution in [0.5, 0.6) is 0 Å². The molecule has 0 amide bonds. The normalized spacial score (nSPS) is 23.4. The number of nitrogens with zero attached hydrogens (tertiary/aromatic N) is 4. The number of rotatable bonds is 5. The SMILES string of the molecule is CCC1CN(C(=NC)NCC2CCN(Cc3csc(C)n3)CC2)CCS1. The number of aromatic nitrogens is 1. The number of nitrogens with one attached hydrogen (secondary N) is 1. The number of guanidine groups is 1. The summed E-state index contributed by atoms with van der Waals surface area (Å²) >= 11 is 3.86. The molecule has 1 N–H and O–H groups in total. The Kier molecular flexibility index (Phi) is 7.64. The summed E-state index contributed by atoms with van der Waals surface area (Å²) in [7, 11) is 1.92. The van der Waals surface area contributed by atoms with Crippen LogP contribution in [-0.4, -0.2) is 71.5 Å². The van der Waals surface area contributed by atoms with Crippen LogP contribution in [0.15, 0.2) is 10.4 Å². The van der Waals surface area contributed by atoms with Crippen molar-refractivity contribution >= 4 is 29.1 Å². The highest BCUT2D eigenvalue weighted by Crippen LogP contribution is 2.22. The van der Waals surface area contributed by atoms with Gasteiger partial charge in [-0.05, 0) is 45.2 Å². The molecule has 0 aliphatic carbocycles. The first-order chi connectivity index (χ1) is 12.7. The summed E-state index contributed by atoms with van der Waals surface area (Å²) in [5.74, 6) is 3.07. The summed E-state index contributed by atoms with van der Waals surface area (Å²) in [6.07, 6.45) is 3.77. The Hall–Kier alpha value is -0.790. The van der Waals surface area contributed by atoms with Gasteiger partial charge in [0.15, 0.2) is 5.96 Å². The smallest absolute Gasteiger partial charge is 0.193 e. The average Bonchev–Trinajstić information content (AvgIpc) is 3.08. The van der Waals surface area contributed by atoms with Crippen LogP contribution in [0.25, 0.3) is 0 Å². The number of hydrogen-bond donors (Lipinski definition) is 1. The quantitative estimate of drug-likeness (QED) is 0.613. The Balaban J connectivity index is 1.40. The molecule has 5 nitrogen and oxygen atoms in total. The maximum absolute atomic E-state index is 4.60. The number of hydrogen-bond acceptors (Lipinski definition) is 5. The van der Waals surface area contributed by atoms with Crippen LogP contribution in [0.4, 0.5) is 0 Å². The number of aliphatic imine (C=N–C) groups is 1. The summed E-state index contributed by atoms with van der Waals surface area (Å²) in [5, 5.41) is 7.78. The van der Waals surface area contributed by atoms with E-state index in [2.05, 4.69) is 56.1 Å². The molecular formula is C19H33N5S2. The molecule has 1 atom stereocenters. The lowest BCUT2D eigenvalue weighted by molar-refractivity contribution is 0.176. The number of likely N-dealkylation sites (tertiary alicyclic amines) is 1. The van der Waals surface area contributed by atoms with Crippen molar-refractivity contribution in [2.24, 2.45) is 10.9 Å². The van der Waals surface area contributed by atoms with Crippen LogP contribution in [0, 0.1) is 12.8 Å². The molecule has 3 heterocycles. The highest BCUT2D eigenvalue weighted by Gasteiger charge is 2.23. The second-order valence-corrected chi connectivity index (χ2v) is 9.82. The molecule has 146 valence electrons. The van der Waals surface area contributed by atoms with Gasteiger partial charge in [0.2, 0.25) is 0 Å². The van der Waals surface area contributed by atoms with E-state index >= 15 is 0 Å². The van der Waals surface area contributed by atoms with E-state index in [4.69, 9.17) is 0 Å². The maximum atomic E-state index is 4.60. The maximum Gasteiger partial charge on any atom is 0.193 e. The first kappa shape index (κ1) is 20.0. The van der Waals surface area contributed by atoms with Gasteiger partial charge in [0.25, 0.3) is 0 Å². The minimum atomic E-state index is 0.750. The van der Waals surface area contributed by atoms with Crippen molar-refractivity contribution in [2.75, 3.05) is 45.5 Å². The fourth-order valence-corrected chi connectivity index (χ4v) is 5.57. The van der Waals surface area contributed by atoms with Gasteiger partial charge in [0, 0.05) is 49.6 Å². The van der Waals surface area contributed by atoms with E-state index in [9.17, 15) is 0 Å². The topological polar surface area (TPSA) is 43.8 Å². The van der Waals surface area contributed by atoms with Crippen LogP contribution in [0.2, 0.25) is 0 Å². The van der Waals surface area contributed by atoms with E-state index in [1.54, 1.807) is 11.3 Å². The number of piperidine rings is 1. The largest absolute Gasteiger partial charge is 0.356 e. The standard InChI is InChI=1S/C19H33N5S2/c1-4-18-13-24(9-10-25-18)19(20-3)21-11-16-5-7-23(8-6-16)12-17-14-26-15(2)22-17/h14,16,18H,4-13H2,1-3H3,(H,20,21). The lowest BCUT2D eigenvalue weighted by Gasteiger charge is -2.36. The van der Waals surface area contributed by atoms with Gasteiger partial charge in [0.1, 0.15) is 0 Å². The number of thiazole rings is 1. The summed E-state index contributed by atoms with van der Waals surface area (Å²) in [6.45, 7) is 11.0. The highest BCUT2D eigenvalue weighted by molar-refractivity contribution is 8.00. The van der Waals surface area contributed by atoms with Crippen molar-refractivity contribution in [1.29, 1.82) is 0 Å². The molecule has 0 saturated carbocycles. The van der Waals surface area contributed by atoms with Crippen molar-refractivity contribution in [3.63, 3.8) is 0 Å². The molecule has 1 aromatic heterocycles. The van der Waals surface area contributed by atoms with Crippen molar-refractivity contribution in [1.82, 2.24) is 20.1 Å². The van der Waals surface area contributed by atoms with Crippen LogP contribution in [-0.2, 0) is 6.54 Å². The molecule has 2 saturated heterocycles. The zero-order chi connectivity index (χ0) is 18.4. The second kappa shape index (κ2) is 9.95. The molecule has 2 aliphatic heterocycles. The first-order valence-electron chi connectivity index (χ1n) is 9.88. The molecule has 7 heteroatoms. The molecule has 0 aromatic carbocycles. The summed E-state index contributed by atoms with van der Waals surface area (Å²) < 4.78 is 0. The van der Waals surface area contributed by atoms with E-state index in [1.165, 1.54) is 48.8 Å². The van der Waals surface area contributed by atoms with Crippen LogP contribution < -0.4 is 5.32 Å². The van der Waals surface area contributed by atoms with Crippen molar-refractivity contribution in [2.45, 2.75) is 44.9 Å². The Labute approximate surface area is 166 Å². The molecule has 0 spiro atoms. The Morgan fingerprint density at radius 3 is 2.81 bits per heavy atom. The predicted octanol–water partition coefficient (Wildman–Crippen LogP) is 3.07. The monoisotopic (exact) mass is 395 g/mol. The second-order valence-electron chi connectivity index (χ2n) is 7.35. The van der Waals surface area contributed by atoms with Gasteiger partial charge >= 0.3 is 0 Å². The zero-order valence-electron chi connectivity index (χ0n) is 16.4. The van der Waals surface area contributed by atoms with Crippen LogP contribution >= 0.6 is 23.1 Å². The highest BCUT2D eigenvalue weighted by atomic mass is 32.2. The molecule has 2 aliphatic rings. The van der Waals surface area contributed by atoms with Gasteiger partial charge in [-0.2, -0.15) is 11.8 Å². The molecule has 2 fully saturated rings. The predicted molar refractivity (Wildman–Crippen MR) is 114 cm³/mol. The van der Waals surface area contributed by atoms with Gasteiger partial charge in [-0.3, -0.25) is 9.89 Å². The average molecular weight is 396 g/mol. The van der Waals surface area contributed by atoms with E-state index in [-0.39, 0.29) is 0 Å². The third kappa shape index (κ3) is 5.60. The van der Waals surface area contributed by atoms with Gasteiger partial charge in [-0.25, -0.2) is 4.98 Å². The molecule has 26 heavy (non-hydrogen) atoms. The lowest BCUT2D eigenvalue weighted by atomic mass is 9.97. The van der Waals surface area contributed by atoms with Gasteiger partial charge in [0.05, 0.1) is 10.7 Å². The van der Waals surface area contributed by atoms with Gasteiger partial charge < -0.3 is 10.2 Å². The third-order valence-electron chi connectivity index (χ3n) is 5.41. The molecule has 1 unspecified atom stereocenters. The Morgan fingerprint density at radius 2 is 2.15 bits per heavy atom. The van der Waals surface area contributed by atoms with Crippen LogP contribution in [0.3, 0.4) is 0 Å². The molecule has 3 rings (SSSR count). The third-order valence-corrected chi connectivity index (χ3v) is 7.61.